The highest BCUT2D eigenvalue weighted by Gasteiger charge is 2.29. The van der Waals surface area contributed by atoms with E-state index >= 15 is 0 Å². The van der Waals surface area contributed by atoms with Crippen LogP contribution in [0.3, 0.4) is 0 Å². The summed E-state index contributed by atoms with van der Waals surface area (Å²) in [6.07, 6.45) is 4.69. The Morgan fingerprint density at radius 2 is 2.22 bits per heavy atom. The maximum atomic E-state index is 11.1. The molecule has 1 unspecified atom stereocenters. The lowest BCUT2D eigenvalue weighted by Crippen LogP contribution is -2.47. The quantitative estimate of drug-likeness (QED) is 0.901. The summed E-state index contributed by atoms with van der Waals surface area (Å²) in [7, 11) is 0. The van der Waals surface area contributed by atoms with E-state index < -0.39 is 0 Å². The van der Waals surface area contributed by atoms with Crippen LogP contribution in [0.15, 0.2) is 0 Å². The molecule has 18 heavy (non-hydrogen) atoms. The van der Waals surface area contributed by atoms with Gasteiger partial charge in [-0.25, -0.2) is 0 Å². The number of aromatic nitrogens is 2. The van der Waals surface area contributed by atoms with E-state index in [4.69, 9.17) is 0 Å². The van der Waals surface area contributed by atoms with E-state index in [1.54, 1.807) is 18.3 Å². The minimum absolute atomic E-state index is 0.0535. The van der Waals surface area contributed by atoms with Crippen LogP contribution >= 0.6 is 11.3 Å². The average molecular weight is 266 g/mol. The summed E-state index contributed by atoms with van der Waals surface area (Å²) in [4.78, 5) is 13.4. The minimum atomic E-state index is 0.0535. The molecular formula is C12H18N4OS. The zero-order chi connectivity index (χ0) is 12.5. The summed E-state index contributed by atoms with van der Waals surface area (Å²) in [6.45, 7) is 3.46. The van der Waals surface area contributed by atoms with Crippen LogP contribution in [0.4, 0.5) is 5.13 Å². The molecule has 1 amide bonds. The fourth-order valence-electron chi connectivity index (χ4n) is 2.41. The Kier molecular flexibility index (Phi) is 3.20. The predicted molar refractivity (Wildman–Crippen MR) is 70.9 cm³/mol. The third-order valence-corrected chi connectivity index (χ3v) is 4.60. The molecule has 1 aliphatic heterocycles. The minimum Gasteiger partial charge on any atom is -0.352 e. The van der Waals surface area contributed by atoms with Crippen LogP contribution in [-0.2, 0) is 4.79 Å². The van der Waals surface area contributed by atoms with Crippen LogP contribution < -0.4 is 10.2 Å². The molecule has 2 heterocycles. The number of piperidine rings is 1. The maximum Gasteiger partial charge on any atom is 0.217 e. The van der Waals surface area contributed by atoms with Gasteiger partial charge < -0.3 is 10.2 Å². The molecule has 0 bridgehead atoms. The zero-order valence-electron chi connectivity index (χ0n) is 10.6. The van der Waals surface area contributed by atoms with Crippen molar-refractivity contribution in [2.24, 2.45) is 0 Å². The standard InChI is InChI=1S/C12H18N4OS/c1-8(17)13-10-3-2-6-16(7-10)12-15-14-11(18-12)9-4-5-9/h9-10H,2-7H2,1H3,(H,13,17). The number of rotatable bonds is 3. The summed E-state index contributed by atoms with van der Waals surface area (Å²) in [6, 6.07) is 0.254. The molecule has 2 aliphatic rings. The number of hydrogen-bond acceptors (Lipinski definition) is 5. The maximum absolute atomic E-state index is 11.1. The van der Waals surface area contributed by atoms with Crippen LogP contribution in [-0.4, -0.2) is 35.2 Å². The monoisotopic (exact) mass is 266 g/mol. The Morgan fingerprint density at radius 3 is 2.94 bits per heavy atom. The van der Waals surface area contributed by atoms with Gasteiger partial charge in [0.2, 0.25) is 11.0 Å². The Hall–Kier alpha value is -1.17. The normalized spacial score (nSPS) is 24.1. The molecule has 0 spiro atoms. The van der Waals surface area contributed by atoms with Crippen LogP contribution in [0.2, 0.25) is 0 Å². The Labute approximate surface area is 111 Å². The molecule has 1 atom stereocenters. The van der Waals surface area contributed by atoms with Crippen LogP contribution in [0, 0.1) is 0 Å². The molecule has 1 aliphatic carbocycles. The number of nitrogens with zero attached hydrogens (tertiary/aromatic N) is 3. The van der Waals surface area contributed by atoms with E-state index in [9.17, 15) is 4.79 Å². The molecule has 1 aromatic rings. The van der Waals surface area contributed by atoms with E-state index in [0.717, 1.165) is 31.1 Å². The van der Waals surface area contributed by atoms with Crippen LogP contribution in [0.5, 0.6) is 0 Å². The van der Waals surface area contributed by atoms with Crippen molar-refractivity contribution in [3.8, 4) is 0 Å². The summed E-state index contributed by atoms with van der Waals surface area (Å²) >= 11 is 1.72. The number of amides is 1. The third-order valence-electron chi connectivity index (χ3n) is 3.46. The van der Waals surface area contributed by atoms with Gasteiger partial charge in [0.25, 0.3) is 0 Å². The average Bonchev–Trinajstić information content (AvgIpc) is 3.07. The van der Waals surface area contributed by atoms with Gasteiger partial charge in [0, 0.05) is 32.0 Å². The SMILES string of the molecule is CC(=O)NC1CCCN(c2nnc(C3CC3)s2)C1. The molecule has 1 saturated heterocycles. The lowest BCUT2D eigenvalue weighted by atomic mass is 10.1. The number of hydrogen-bond donors (Lipinski definition) is 1. The summed E-state index contributed by atoms with van der Waals surface area (Å²) in [5.41, 5.74) is 0. The Morgan fingerprint density at radius 1 is 1.39 bits per heavy atom. The first-order valence-electron chi connectivity index (χ1n) is 6.58. The molecule has 1 N–H and O–H groups in total. The highest BCUT2D eigenvalue weighted by atomic mass is 32.1. The largest absolute Gasteiger partial charge is 0.352 e. The van der Waals surface area contributed by atoms with E-state index in [2.05, 4.69) is 20.4 Å². The van der Waals surface area contributed by atoms with Gasteiger partial charge in [-0.1, -0.05) is 11.3 Å². The summed E-state index contributed by atoms with van der Waals surface area (Å²) in [5.74, 6) is 0.727. The fraction of sp³-hybridized carbons (Fsp3) is 0.750. The molecule has 0 aromatic carbocycles. The second kappa shape index (κ2) is 4.84. The van der Waals surface area contributed by atoms with Crippen molar-refractivity contribution in [2.75, 3.05) is 18.0 Å². The topological polar surface area (TPSA) is 58.1 Å². The van der Waals surface area contributed by atoms with Gasteiger partial charge in [-0.15, -0.1) is 10.2 Å². The number of anilines is 1. The van der Waals surface area contributed by atoms with Crippen molar-refractivity contribution in [1.29, 1.82) is 0 Å². The number of carbonyl (C=O) groups excluding carboxylic acids is 1. The highest BCUT2D eigenvalue weighted by molar-refractivity contribution is 7.15. The van der Waals surface area contributed by atoms with E-state index in [1.165, 1.54) is 17.8 Å². The first kappa shape index (κ1) is 11.9. The van der Waals surface area contributed by atoms with Crippen molar-refractivity contribution in [3.63, 3.8) is 0 Å². The van der Waals surface area contributed by atoms with E-state index in [-0.39, 0.29) is 11.9 Å². The first-order chi connectivity index (χ1) is 8.72. The van der Waals surface area contributed by atoms with Crippen LogP contribution in [0.25, 0.3) is 0 Å². The van der Waals surface area contributed by atoms with Crippen molar-refractivity contribution in [2.45, 2.75) is 44.6 Å². The number of nitrogens with one attached hydrogen (secondary N) is 1. The lowest BCUT2D eigenvalue weighted by molar-refractivity contribution is -0.119. The van der Waals surface area contributed by atoms with Gasteiger partial charge in [0.05, 0.1) is 0 Å². The van der Waals surface area contributed by atoms with E-state index in [1.807, 2.05) is 0 Å². The first-order valence-corrected chi connectivity index (χ1v) is 7.39. The summed E-state index contributed by atoms with van der Waals surface area (Å²) in [5, 5.41) is 13.8. The van der Waals surface area contributed by atoms with Crippen molar-refractivity contribution in [1.82, 2.24) is 15.5 Å². The zero-order valence-corrected chi connectivity index (χ0v) is 11.4. The molecule has 6 heteroatoms. The third kappa shape index (κ3) is 2.63. The molecule has 3 rings (SSSR count). The second-order valence-corrected chi connectivity index (χ2v) is 6.17. The van der Waals surface area contributed by atoms with E-state index in [0.29, 0.717) is 5.92 Å². The molecule has 5 nitrogen and oxygen atoms in total. The van der Waals surface area contributed by atoms with Crippen LogP contribution in [0.1, 0.15) is 43.5 Å². The van der Waals surface area contributed by atoms with Gasteiger partial charge in [0.15, 0.2) is 0 Å². The molecule has 0 radical (unpaired) electrons. The Bertz CT molecular complexity index is 443. The summed E-state index contributed by atoms with van der Waals surface area (Å²) < 4.78 is 0. The van der Waals surface area contributed by atoms with Crippen molar-refractivity contribution < 1.29 is 4.79 Å². The van der Waals surface area contributed by atoms with Gasteiger partial charge in [-0.2, -0.15) is 0 Å². The Balaban J connectivity index is 1.64. The van der Waals surface area contributed by atoms with Gasteiger partial charge in [0.1, 0.15) is 5.01 Å². The van der Waals surface area contributed by atoms with Gasteiger partial charge in [-0.3, -0.25) is 4.79 Å². The molecule has 1 saturated carbocycles. The second-order valence-electron chi connectivity index (χ2n) is 5.18. The fourth-order valence-corrected chi connectivity index (χ4v) is 3.45. The van der Waals surface area contributed by atoms with Crippen molar-refractivity contribution >= 4 is 22.4 Å². The lowest BCUT2D eigenvalue weighted by Gasteiger charge is -2.32. The highest BCUT2D eigenvalue weighted by Crippen LogP contribution is 2.42. The van der Waals surface area contributed by atoms with Crippen molar-refractivity contribution in [3.05, 3.63) is 5.01 Å². The van der Waals surface area contributed by atoms with Gasteiger partial charge >= 0.3 is 0 Å². The number of carbonyl (C=O) groups is 1. The molecule has 98 valence electrons. The molecule has 2 fully saturated rings. The predicted octanol–water partition coefficient (Wildman–Crippen LogP) is 1.52. The smallest absolute Gasteiger partial charge is 0.217 e. The molecule has 1 aromatic heterocycles. The van der Waals surface area contributed by atoms with Gasteiger partial charge in [-0.05, 0) is 25.7 Å². The molecular weight excluding hydrogens is 248 g/mol.